The van der Waals surface area contributed by atoms with Crippen LogP contribution in [0.5, 0.6) is 0 Å². The summed E-state index contributed by atoms with van der Waals surface area (Å²) in [4.78, 5) is 25.0. The molecule has 0 aliphatic carbocycles. The van der Waals surface area contributed by atoms with Crippen LogP contribution in [0.25, 0.3) is 11.4 Å². The average Bonchev–Trinajstić information content (AvgIpc) is 2.72. The molecule has 9 heteroatoms. The van der Waals surface area contributed by atoms with Gasteiger partial charge >= 0.3 is 6.18 Å². The van der Waals surface area contributed by atoms with Crippen LogP contribution in [0.2, 0.25) is 0 Å². The van der Waals surface area contributed by atoms with E-state index in [1.165, 1.54) is 6.07 Å². The lowest BCUT2D eigenvalue weighted by atomic mass is 10.1. The zero-order valence-corrected chi connectivity index (χ0v) is 17.9. The normalized spacial score (nSPS) is 16.0. The van der Waals surface area contributed by atoms with Gasteiger partial charge in [-0.3, -0.25) is 4.79 Å². The number of halogens is 4. The highest BCUT2D eigenvalue weighted by molar-refractivity contribution is 6.30. The number of hydrogen-bond acceptors (Lipinski definition) is 4. The number of alkyl halides is 4. The predicted octanol–water partition coefficient (Wildman–Crippen LogP) is 4.31. The molecule has 3 rings (SSSR count). The summed E-state index contributed by atoms with van der Waals surface area (Å²) in [7, 11) is 0. The third-order valence-electron chi connectivity index (χ3n) is 5.22. The van der Waals surface area contributed by atoms with E-state index in [0.29, 0.717) is 44.0 Å². The molecule has 1 atom stereocenters. The van der Waals surface area contributed by atoms with E-state index in [-0.39, 0.29) is 11.7 Å². The van der Waals surface area contributed by atoms with Crippen LogP contribution in [0.15, 0.2) is 24.3 Å². The monoisotopic (exact) mass is 440 g/mol. The highest BCUT2D eigenvalue weighted by Gasteiger charge is 2.31. The maximum atomic E-state index is 13.1. The average molecular weight is 441 g/mol. The first kappa shape index (κ1) is 22.3. The van der Waals surface area contributed by atoms with Crippen molar-refractivity contribution in [2.24, 2.45) is 0 Å². The first-order valence-corrected chi connectivity index (χ1v) is 10.3. The van der Waals surface area contributed by atoms with E-state index >= 15 is 0 Å². The zero-order valence-electron chi connectivity index (χ0n) is 17.1. The summed E-state index contributed by atoms with van der Waals surface area (Å²) in [5.41, 5.74) is 1.28. The Kier molecular flexibility index (Phi) is 6.55. The number of nitrogens with zero attached hydrogens (tertiary/aromatic N) is 4. The largest absolute Gasteiger partial charge is 0.416 e. The van der Waals surface area contributed by atoms with E-state index in [1.807, 2.05) is 13.8 Å². The Hall–Kier alpha value is -2.35. The fraction of sp³-hybridized carbons (Fsp3) is 0.476. The lowest BCUT2D eigenvalue weighted by Crippen LogP contribution is -2.51. The molecule has 1 saturated heterocycles. The molecule has 162 valence electrons. The lowest BCUT2D eigenvalue weighted by Gasteiger charge is -2.37. The van der Waals surface area contributed by atoms with Crippen molar-refractivity contribution in [1.82, 2.24) is 14.9 Å². The van der Waals surface area contributed by atoms with Gasteiger partial charge in [0.05, 0.1) is 5.56 Å². The second kappa shape index (κ2) is 8.79. The Balaban J connectivity index is 1.93. The summed E-state index contributed by atoms with van der Waals surface area (Å²) in [6.07, 6.45) is -3.73. The van der Waals surface area contributed by atoms with Gasteiger partial charge in [0.1, 0.15) is 11.2 Å². The van der Waals surface area contributed by atoms with Crippen molar-refractivity contribution in [3.8, 4) is 11.4 Å². The summed E-state index contributed by atoms with van der Waals surface area (Å²) in [6.45, 7) is 7.66. The van der Waals surface area contributed by atoms with Crippen molar-refractivity contribution in [3.63, 3.8) is 0 Å². The van der Waals surface area contributed by atoms with Crippen molar-refractivity contribution in [2.45, 2.75) is 38.7 Å². The van der Waals surface area contributed by atoms with Gasteiger partial charge in [-0.15, -0.1) is 11.6 Å². The number of carbonyl (C=O) groups excluding carboxylic acids is 1. The topological polar surface area (TPSA) is 49.3 Å². The number of benzene rings is 1. The van der Waals surface area contributed by atoms with Crippen molar-refractivity contribution >= 4 is 23.3 Å². The molecule has 1 aromatic heterocycles. The SMILES string of the molecule is CCc1c(C)nc(-c2cccc(C(F)(F)F)c2)nc1N1CCN(C(=O)C(C)Cl)CC1. The van der Waals surface area contributed by atoms with Crippen LogP contribution in [-0.4, -0.2) is 52.3 Å². The van der Waals surface area contributed by atoms with E-state index in [2.05, 4.69) is 14.9 Å². The predicted molar refractivity (Wildman–Crippen MR) is 111 cm³/mol. The Morgan fingerprint density at radius 3 is 2.43 bits per heavy atom. The minimum Gasteiger partial charge on any atom is -0.353 e. The van der Waals surface area contributed by atoms with Crippen LogP contribution in [0.1, 0.15) is 30.7 Å². The molecule has 1 aliphatic heterocycles. The fourth-order valence-electron chi connectivity index (χ4n) is 3.61. The second-order valence-electron chi connectivity index (χ2n) is 7.30. The van der Waals surface area contributed by atoms with Crippen molar-refractivity contribution in [2.75, 3.05) is 31.1 Å². The minimum absolute atomic E-state index is 0.101. The molecule has 1 amide bonds. The zero-order chi connectivity index (χ0) is 22.1. The Morgan fingerprint density at radius 1 is 1.20 bits per heavy atom. The number of piperazine rings is 1. The van der Waals surface area contributed by atoms with Crippen LogP contribution < -0.4 is 4.90 Å². The number of anilines is 1. The molecule has 0 N–H and O–H groups in total. The number of amides is 1. The van der Waals surface area contributed by atoms with Gasteiger partial charge in [0.2, 0.25) is 5.91 Å². The Bertz CT molecular complexity index is 925. The minimum atomic E-state index is -4.43. The first-order valence-electron chi connectivity index (χ1n) is 9.84. The summed E-state index contributed by atoms with van der Waals surface area (Å²) in [6, 6.07) is 5.05. The van der Waals surface area contributed by atoms with E-state index in [0.717, 1.165) is 23.4 Å². The number of carbonyl (C=O) groups is 1. The summed E-state index contributed by atoms with van der Waals surface area (Å²) >= 11 is 5.91. The van der Waals surface area contributed by atoms with Gasteiger partial charge in [0.25, 0.3) is 0 Å². The molecule has 0 bridgehead atoms. The quantitative estimate of drug-likeness (QED) is 0.665. The molecular weight excluding hydrogens is 417 g/mol. The third kappa shape index (κ3) is 4.69. The van der Waals surface area contributed by atoms with Gasteiger partial charge in [-0.25, -0.2) is 9.97 Å². The highest BCUT2D eigenvalue weighted by Crippen LogP contribution is 2.32. The van der Waals surface area contributed by atoms with Gasteiger partial charge in [-0.2, -0.15) is 13.2 Å². The van der Waals surface area contributed by atoms with Crippen LogP contribution in [0.3, 0.4) is 0 Å². The maximum absolute atomic E-state index is 13.1. The fourth-order valence-corrected chi connectivity index (χ4v) is 3.75. The standard InChI is InChI=1S/C21H24ClF3N4O/c1-4-17-14(3)26-18(15-6-5-7-16(12-15)21(23,24)25)27-19(17)28-8-10-29(11-9-28)20(30)13(2)22/h5-7,12-13H,4,8-11H2,1-3H3. The van der Waals surface area contributed by atoms with Crippen molar-refractivity contribution in [3.05, 3.63) is 41.1 Å². The van der Waals surface area contributed by atoms with Crippen LogP contribution in [0, 0.1) is 6.92 Å². The molecule has 0 saturated carbocycles. The second-order valence-corrected chi connectivity index (χ2v) is 7.95. The molecule has 1 fully saturated rings. The van der Waals surface area contributed by atoms with Gasteiger partial charge in [0, 0.05) is 43.0 Å². The molecule has 5 nitrogen and oxygen atoms in total. The van der Waals surface area contributed by atoms with Gasteiger partial charge in [-0.05, 0) is 32.4 Å². The summed E-state index contributed by atoms with van der Waals surface area (Å²) < 4.78 is 39.4. The van der Waals surface area contributed by atoms with E-state index in [9.17, 15) is 18.0 Å². The number of aryl methyl sites for hydroxylation is 1. The molecular formula is C21H24ClF3N4O. The molecule has 2 aromatic rings. The number of aromatic nitrogens is 2. The van der Waals surface area contributed by atoms with Crippen molar-refractivity contribution in [1.29, 1.82) is 0 Å². The summed E-state index contributed by atoms with van der Waals surface area (Å²) in [5.74, 6) is 0.873. The van der Waals surface area contributed by atoms with Crippen LogP contribution >= 0.6 is 11.6 Å². The maximum Gasteiger partial charge on any atom is 0.416 e. The number of hydrogen-bond donors (Lipinski definition) is 0. The van der Waals surface area contributed by atoms with Gasteiger partial charge in [0.15, 0.2) is 5.82 Å². The van der Waals surface area contributed by atoms with E-state index < -0.39 is 17.1 Å². The Labute approximate surface area is 178 Å². The van der Waals surface area contributed by atoms with E-state index in [4.69, 9.17) is 11.6 Å². The first-order chi connectivity index (χ1) is 14.1. The third-order valence-corrected chi connectivity index (χ3v) is 5.41. The molecule has 0 spiro atoms. The van der Waals surface area contributed by atoms with Crippen LogP contribution in [0.4, 0.5) is 19.0 Å². The molecule has 1 aliphatic rings. The van der Waals surface area contributed by atoms with Gasteiger partial charge < -0.3 is 9.80 Å². The Morgan fingerprint density at radius 2 is 1.87 bits per heavy atom. The lowest BCUT2D eigenvalue weighted by molar-refractivity contribution is -0.137. The van der Waals surface area contributed by atoms with Crippen molar-refractivity contribution < 1.29 is 18.0 Å². The molecule has 1 aromatic carbocycles. The molecule has 0 radical (unpaired) electrons. The van der Waals surface area contributed by atoms with E-state index in [1.54, 1.807) is 17.9 Å². The number of rotatable bonds is 4. The smallest absolute Gasteiger partial charge is 0.353 e. The molecule has 2 heterocycles. The van der Waals surface area contributed by atoms with Crippen LogP contribution in [-0.2, 0) is 17.4 Å². The molecule has 30 heavy (non-hydrogen) atoms. The summed E-state index contributed by atoms with van der Waals surface area (Å²) in [5, 5.41) is -0.573. The highest BCUT2D eigenvalue weighted by atomic mass is 35.5. The molecule has 1 unspecified atom stereocenters. The van der Waals surface area contributed by atoms with Gasteiger partial charge in [-0.1, -0.05) is 19.1 Å².